The molecule has 1 aliphatic rings. The van der Waals surface area contributed by atoms with Crippen LogP contribution in [0.3, 0.4) is 0 Å². The first-order valence-corrected chi connectivity index (χ1v) is 7.77. The molecule has 120 valence electrons. The third-order valence-corrected chi connectivity index (χ3v) is 3.95. The molecule has 4 heteroatoms. The third kappa shape index (κ3) is 3.95. The van der Waals surface area contributed by atoms with Gasteiger partial charge in [0.2, 0.25) is 5.91 Å². The molecule has 1 aliphatic heterocycles. The maximum Gasteiger partial charge on any atom is 0.247 e. The number of aryl methyl sites for hydroxylation is 1. The number of hydrogen-bond acceptors (Lipinski definition) is 2. The van der Waals surface area contributed by atoms with Crippen molar-refractivity contribution in [1.82, 2.24) is 4.90 Å². The standard InChI is InChI=1S/C18H24FNO2/c1-12(2)16(15-5-6-17(19)13(3)9-15)10-18(21)20-7-8-22-14(4)11-20/h5-6,9-10,12,14H,7-8,11H2,1-4H3/b16-10+. The Morgan fingerprint density at radius 3 is 2.77 bits per heavy atom. The van der Waals surface area contributed by atoms with Crippen molar-refractivity contribution < 1.29 is 13.9 Å². The molecule has 3 nitrogen and oxygen atoms in total. The lowest BCUT2D eigenvalue weighted by atomic mass is 9.93. The average molecular weight is 305 g/mol. The van der Waals surface area contributed by atoms with Crippen molar-refractivity contribution in [2.45, 2.75) is 33.8 Å². The molecule has 1 saturated heterocycles. The number of morpholine rings is 1. The van der Waals surface area contributed by atoms with E-state index < -0.39 is 0 Å². The number of rotatable bonds is 3. The highest BCUT2D eigenvalue weighted by atomic mass is 19.1. The van der Waals surface area contributed by atoms with Crippen molar-refractivity contribution >= 4 is 11.5 Å². The van der Waals surface area contributed by atoms with Gasteiger partial charge >= 0.3 is 0 Å². The van der Waals surface area contributed by atoms with Crippen LogP contribution < -0.4 is 0 Å². The second-order valence-electron chi connectivity index (χ2n) is 6.18. The zero-order valence-corrected chi connectivity index (χ0v) is 13.7. The summed E-state index contributed by atoms with van der Waals surface area (Å²) >= 11 is 0. The van der Waals surface area contributed by atoms with E-state index in [0.29, 0.717) is 25.3 Å². The molecule has 0 saturated carbocycles. The van der Waals surface area contributed by atoms with Crippen molar-refractivity contribution in [2.24, 2.45) is 5.92 Å². The van der Waals surface area contributed by atoms with Crippen LogP contribution >= 0.6 is 0 Å². The predicted molar refractivity (Wildman–Crippen MR) is 85.9 cm³/mol. The average Bonchev–Trinajstić information content (AvgIpc) is 2.47. The van der Waals surface area contributed by atoms with E-state index in [1.807, 2.05) is 25.7 Å². The van der Waals surface area contributed by atoms with Gasteiger partial charge in [-0.15, -0.1) is 0 Å². The van der Waals surface area contributed by atoms with Gasteiger partial charge in [-0.05, 0) is 48.6 Å². The monoisotopic (exact) mass is 305 g/mol. The minimum Gasteiger partial charge on any atom is -0.375 e. The van der Waals surface area contributed by atoms with E-state index in [0.717, 1.165) is 11.1 Å². The van der Waals surface area contributed by atoms with Crippen LogP contribution in [0.4, 0.5) is 4.39 Å². The summed E-state index contributed by atoms with van der Waals surface area (Å²) < 4.78 is 18.9. The van der Waals surface area contributed by atoms with Crippen LogP contribution in [0, 0.1) is 18.7 Å². The van der Waals surface area contributed by atoms with Crippen LogP contribution in [0.2, 0.25) is 0 Å². The molecule has 0 bridgehead atoms. The van der Waals surface area contributed by atoms with E-state index in [1.165, 1.54) is 6.07 Å². The summed E-state index contributed by atoms with van der Waals surface area (Å²) in [6, 6.07) is 5.00. The largest absolute Gasteiger partial charge is 0.375 e. The fraction of sp³-hybridized carbons (Fsp3) is 0.500. The highest BCUT2D eigenvalue weighted by Crippen LogP contribution is 2.25. The Morgan fingerprint density at radius 1 is 1.45 bits per heavy atom. The summed E-state index contributed by atoms with van der Waals surface area (Å²) in [5.74, 6) is -0.0340. The third-order valence-electron chi connectivity index (χ3n) is 3.95. The first-order valence-electron chi connectivity index (χ1n) is 7.77. The molecule has 0 N–H and O–H groups in total. The molecule has 1 fully saturated rings. The maximum absolute atomic E-state index is 13.5. The Hall–Kier alpha value is -1.68. The van der Waals surface area contributed by atoms with Gasteiger partial charge in [-0.1, -0.05) is 19.9 Å². The molecule has 0 radical (unpaired) electrons. The van der Waals surface area contributed by atoms with Crippen molar-refractivity contribution in [3.63, 3.8) is 0 Å². The number of nitrogens with zero attached hydrogens (tertiary/aromatic N) is 1. The summed E-state index contributed by atoms with van der Waals surface area (Å²) in [6.45, 7) is 9.60. The molecule has 0 aromatic heterocycles. The van der Waals surface area contributed by atoms with Crippen LogP contribution in [-0.4, -0.2) is 36.6 Å². The number of benzene rings is 1. The van der Waals surface area contributed by atoms with Crippen LogP contribution in [0.1, 0.15) is 31.9 Å². The second kappa shape index (κ2) is 7.05. The summed E-state index contributed by atoms with van der Waals surface area (Å²) in [5.41, 5.74) is 2.44. The molecule has 1 atom stereocenters. The number of hydrogen-bond donors (Lipinski definition) is 0. The van der Waals surface area contributed by atoms with Gasteiger partial charge < -0.3 is 9.64 Å². The van der Waals surface area contributed by atoms with Gasteiger partial charge in [0, 0.05) is 19.2 Å². The lowest BCUT2D eigenvalue weighted by molar-refractivity contribution is -0.132. The highest BCUT2D eigenvalue weighted by Gasteiger charge is 2.21. The number of allylic oxidation sites excluding steroid dienone is 1. The fourth-order valence-electron chi connectivity index (χ4n) is 2.65. The molecule has 22 heavy (non-hydrogen) atoms. The van der Waals surface area contributed by atoms with Crippen LogP contribution in [0.25, 0.3) is 5.57 Å². The second-order valence-corrected chi connectivity index (χ2v) is 6.18. The Balaban J connectivity index is 2.26. The van der Waals surface area contributed by atoms with Gasteiger partial charge in [0.05, 0.1) is 12.7 Å². The molecule has 0 aliphatic carbocycles. The summed E-state index contributed by atoms with van der Waals surface area (Å²) in [4.78, 5) is 14.3. The van der Waals surface area contributed by atoms with Gasteiger partial charge in [-0.25, -0.2) is 4.39 Å². The maximum atomic E-state index is 13.5. The Bertz CT molecular complexity index is 580. The van der Waals surface area contributed by atoms with E-state index in [2.05, 4.69) is 0 Å². The molecule has 1 amide bonds. The van der Waals surface area contributed by atoms with Gasteiger partial charge in [-0.2, -0.15) is 0 Å². The Kier molecular flexibility index (Phi) is 5.35. The number of amides is 1. The molecule has 1 heterocycles. The van der Waals surface area contributed by atoms with E-state index in [4.69, 9.17) is 4.74 Å². The lowest BCUT2D eigenvalue weighted by Gasteiger charge is -2.30. The summed E-state index contributed by atoms with van der Waals surface area (Å²) in [7, 11) is 0. The van der Waals surface area contributed by atoms with Crippen LogP contribution in [-0.2, 0) is 9.53 Å². The van der Waals surface area contributed by atoms with Gasteiger partial charge in [-0.3, -0.25) is 4.79 Å². The first kappa shape index (κ1) is 16.7. The molecule has 1 aromatic carbocycles. The van der Waals surface area contributed by atoms with E-state index >= 15 is 0 Å². The van der Waals surface area contributed by atoms with Gasteiger partial charge in [0.25, 0.3) is 0 Å². The van der Waals surface area contributed by atoms with Crippen LogP contribution in [0.5, 0.6) is 0 Å². The van der Waals surface area contributed by atoms with Crippen molar-refractivity contribution in [2.75, 3.05) is 19.7 Å². The van der Waals surface area contributed by atoms with Gasteiger partial charge in [0.15, 0.2) is 0 Å². The summed E-state index contributed by atoms with van der Waals surface area (Å²) in [5, 5.41) is 0. The topological polar surface area (TPSA) is 29.5 Å². The number of halogens is 1. The Morgan fingerprint density at radius 2 is 2.18 bits per heavy atom. The van der Waals surface area contributed by atoms with E-state index in [1.54, 1.807) is 25.1 Å². The first-order chi connectivity index (χ1) is 10.4. The SMILES string of the molecule is Cc1cc(/C(=C/C(=O)N2CCOC(C)C2)C(C)C)ccc1F. The van der Waals surface area contributed by atoms with Crippen molar-refractivity contribution in [1.29, 1.82) is 0 Å². The van der Waals surface area contributed by atoms with E-state index in [-0.39, 0.29) is 23.7 Å². The fourth-order valence-corrected chi connectivity index (χ4v) is 2.65. The van der Waals surface area contributed by atoms with Crippen LogP contribution in [0.15, 0.2) is 24.3 Å². The molecule has 2 rings (SSSR count). The molecule has 1 unspecified atom stereocenters. The predicted octanol–water partition coefficient (Wildman–Crippen LogP) is 3.42. The molecule has 1 aromatic rings. The minimum atomic E-state index is -0.222. The normalized spacial score (nSPS) is 19.6. The molecule has 0 spiro atoms. The molecular formula is C18H24FNO2. The van der Waals surface area contributed by atoms with Crippen molar-refractivity contribution in [3.8, 4) is 0 Å². The number of ether oxygens (including phenoxy) is 1. The molecular weight excluding hydrogens is 281 g/mol. The van der Waals surface area contributed by atoms with Crippen molar-refractivity contribution in [3.05, 3.63) is 41.2 Å². The Labute approximate surface area is 131 Å². The minimum absolute atomic E-state index is 0.000767. The smallest absolute Gasteiger partial charge is 0.247 e. The van der Waals surface area contributed by atoms with E-state index in [9.17, 15) is 9.18 Å². The van der Waals surface area contributed by atoms with Gasteiger partial charge in [0.1, 0.15) is 5.82 Å². The lowest BCUT2D eigenvalue weighted by Crippen LogP contribution is -2.44. The summed E-state index contributed by atoms with van der Waals surface area (Å²) in [6.07, 6.45) is 1.76. The number of carbonyl (C=O) groups is 1. The zero-order chi connectivity index (χ0) is 16.3. The quantitative estimate of drug-likeness (QED) is 0.801. The highest BCUT2D eigenvalue weighted by molar-refractivity contribution is 5.95. The zero-order valence-electron chi connectivity index (χ0n) is 13.7. The number of carbonyl (C=O) groups excluding carboxylic acids is 1.